The zero-order valence-electron chi connectivity index (χ0n) is 29.9. The molecule has 0 fully saturated rings. The van der Waals surface area contributed by atoms with E-state index in [4.69, 9.17) is 9.47 Å². The minimum atomic E-state index is -0.560. The molecule has 1 atom stereocenters. The minimum absolute atomic E-state index is 0.193. The molecule has 0 rings (SSSR count). The van der Waals surface area contributed by atoms with Gasteiger partial charge in [0.25, 0.3) is 0 Å². The molecule has 0 unspecified atom stereocenters. The number of hydrogen-bond acceptors (Lipinski definition) is 4. The lowest BCUT2D eigenvalue weighted by molar-refractivity contribution is -0.154. The summed E-state index contributed by atoms with van der Waals surface area (Å²) in [7, 11) is 0. The highest BCUT2D eigenvalue weighted by molar-refractivity contribution is 5.69. The summed E-state index contributed by atoms with van der Waals surface area (Å²) in [6.07, 6.45) is 48.7. The molecule has 0 aromatic rings. The monoisotopic (exact) mass is 631 g/mol. The summed E-state index contributed by atoms with van der Waals surface area (Å²) in [4.78, 5) is 12.1. The molecule has 0 amide bonds. The summed E-state index contributed by atoms with van der Waals surface area (Å²) in [6, 6.07) is 0. The van der Waals surface area contributed by atoms with Gasteiger partial charge in [-0.15, -0.1) is 0 Å². The van der Waals surface area contributed by atoms with Crippen LogP contribution in [0, 0.1) is 0 Å². The first-order chi connectivity index (χ1) is 22.2. The number of rotatable bonds is 35. The molecule has 0 aliphatic carbocycles. The van der Waals surface area contributed by atoms with Crippen LogP contribution in [-0.4, -0.2) is 37.0 Å². The fraction of sp³-hybridized carbons (Fsp3) is 0.780. The molecule has 0 aliphatic rings. The van der Waals surface area contributed by atoms with Crippen LogP contribution in [0.5, 0.6) is 0 Å². The highest BCUT2D eigenvalue weighted by Crippen LogP contribution is 2.14. The van der Waals surface area contributed by atoms with Crippen LogP contribution in [0.15, 0.2) is 48.6 Å². The molecule has 0 saturated carbocycles. The second-order valence-electron chi connectivity index (χ2n) is 12.7. The Morgan fingerprint density at radius 2 is 0.933 bits per heavy atom. The van der Waals surface area contributed by atoms with Crippen LogP contribution in [0.3, 0.4) is 0 Å². The molecule has 0 heterocycles. The number of aliphatic hydroxyl groups is 1. The van der Waals surface area contributed by atoms with Gasteiger partial charge in [0.2, 0.25) is 0 Å². The highest BCUT2D eigenvalue weighted by atomic mass is 16.6. The molecule has 0 spiro atoms. The van der Waals surface area contributed by atoms with Gasteiger partial charge in [-0.3, -0.25) is 4.79 Å². The van der Waals surface area contributed by atoms with Crippen LogP contribution in [0.1, 0.15) is 181 Å². The molecular formula is C41H74O4. The molecule has 0 saturated heterocycles. The first-order valence-electron chi connectivity index (χ1n) is 19.2. The second kappa shape index (κ2) is 38.5. The van der Waals surface area contributed by atoms with Gasteiger partial charge in [-0.05, 0) is 51.4 Å². The van der Waals surface area contributed by atoms with E-state index in [1.165, 1.54) is 122 Å². The van der Waals surface area contributed by atoms with Crippen molar-refractivity contribution in [3.63, 3.8) is 0 Å². The first kappa shape index (κ1) is 43.4. The van der Waals surface area contributed by atoms with E-state index in [-0.39, 0.29) is 19.2 Å². The molecule has 0 radical (unpaired) electrons. The van der Waals surface area contributed by atoms with E-state index in [1.54, 1.807) is 0 Å². The SMILES string of the molecule is CCCCC/C=C\C/C=C\C/C=C\C/C=C\CCCC(=O)O[C@@H](CO)COCCCCCCCCCCCCCCCCCC. The van der Waals surface area contributed by atoms with Crippen molar-refractivity contribution in [1.82, 2.24) is 0 Å². The van der Waals surface area contributed by atoms with Gasteiger partial charge in [0.1, 0.15) is 6.10 Å². The number of hydrogen-bond donors (Lipinski definition) is 1. The van der Waals surface area contributed by atoms with E-state index in [0.29, 0.717) is 13.0 Å². The van der Waals surface area contributed by atoms with Gasteiger partial charge in [-0.2, -0.15) is 0 Å². The summed E-state index contributed by atoms with van der Waals surface area (Å²) in [5.41, 5.74) is 0. The van der Waals surface area contributed by atoms with E-state index >= 15 is 0 Å². The lowest BCUT2D eigenvalue weighted by Crippen LogP contribution is -2.27. The van der Waals surface area contributed by atoms with Crippen molar-refractivity contribution in [2.24, 2.45) is 0 Å². The smallest absolute Gasteiger partial charge is 0.306 e. The molecule has 4 heteroatoms. The topological polar surface area (TPSA) is 55.8 Å². The van der Waals surface area contributed by atoms with Gasteiger partial charge in [0.05, 0.1) is 13.2 Å². The van der Waals surface area contributed by atoms with Crippen molar-refractivity contribution in [1.29, 1.82) is 0 Å². The third kappa shape index (κ3) is 36.7. The van der Waals surface area contributed by atoms with E-state index < -0.39 is 6.10 Å². The Hall–Kier alpha value is -1.65. The molecule has 45 heavy (non-hydrogen) atoms. The van der Waals surface area contributed by atoms with Gasteiger partial charge in [-0.25, -0.2) is 0 Å². The Bertz CT molecular complexity index is 708. The predicted octanol–water partition coefficient (Wildman–Crippen LogP) is 12.3. The molecule has 262 valence electrons. The van der Waals surface area contributed by atoms with Crippen molar-refractivity contribution >= 4 is 5.97 Å². The average Bonchev–Trinajstić information content (AvgIpc) is 3.05. The summed E-state index contributed by atoms with van der Waals surface area (Å²) in [5, 5.41) is 9.56. The highest BCUT2D eigenvalue weighted by Gasteiger charge is 2.13. The van der Waals surface area contributed by atoms with E-state index in [2.05, 4.69) is 62.5 Å². The van der Waals surface area contributed by atoms with Crippen LogP contribution >= 0.6 is 0 Å². The van der Waals surface area contributed by atoms with Crippen molar-refractivity contribution in [2.75, 3.05) is 19.8 Å². The van der Waals surface area contributed by atoms with Gasteiger partial charge < -0.3 is 14.6 Å². The number of esters is 1. The minimum Gasteiger partial charge on any atom is -0.457 e. The lowest BCUT2D eigenvalue weighted by atomic mass is 10.0. The van der Waals surface area contributed by atoms with Gasteiger partial charge in [-0.1, -0.05) is 172 Å². The number of aliphatic hydroxyl groups excluding tert-OH is 1. The van der Waals surface area contributed by atoms with Crippen LogP contribution in [0.2, 0.25) is 0 Å². The molecule has 0 bridgehead atoms. The predicted molar refractivity (Wildman–Crippen MR) is 196 cm³/mol. The Morgan fingerprint density at radius 3 is 1.40 bits per heavy atom. The fourth-order valence-corrected chi connectivity index (χ4v) is 5.26. The molecular weight excluding hydrogens is 556 g/mol. The maximum atomic E-state index is 12.1. The van der Waals surface area contributed by atoms with Crippen molar-refractivity contribution in [2.45, 2.75) is 187 Å². The Kier molecular flexibility index (Phi) is 37.1. The number of ether oxygens (including phenoxy) is 2. The molecule has 1 N–H and O–H groups in total. The third-order valence-corrected chi connectivity index (χ3v) is 8.16. The maximum absolute atomic E-state index is 12.1. The fourth-order valence-electron chi connectivity index (χ4n) is 5.26. The van der Waals surface area contributed by atoms with Gasteiger partial charge in [0, 0.05) is 13.0 Å². The normalized spacial score (nSPS) is 12.9. The first-order valence-corrected chi connectivity index (χ1v) is 19.2. The zero-order chi connectivity index (χ0) is 32.7. The quantitative estimate of drug-likeness (QED) is 0.0430. The van der Waals surface area contributed by atoms with Crippen molar-refractivity contribution in [3.05, 3.63) is 48.6 Å². The number of carbonyl (C=O) groups excluding carboxylic acids is 1. The zero-order valence-corrected chi connectivity index (χ0v) is 29.9. The second-order valence-corrected chi connectivity index (χ2v) is 12.7. The van der Waals surface area contributed by atoms with Gasteiger partial charge >= 0.3 is 5.97 Å². The van der Waals surface area contributed by atoms with Crippen LogP contribution in [0.4, 0.5) is 0 Å². The Labute approximate surface area is 280 Å². The van der Waals surface area contributed by atoms with Crippen LogP contribution in [-0.2, 0) is 14.3 Å². The lowest BCUT2D eigenvalue weighted by Gasteiger charge is -2.15. The number of unbranched alkanes of at least 4 members (excludes halogenated alkanes) is 19. The standard InChI is InChI=1S/C41H74O4/c1-3-5-7-9-11-13-15-17-19-21-22-24-26-28-30-32-34-36-41(43)45-40(38-42)39-44-37-35-33-31-29-27-25-23-20-18-16-14-12-10-8-6-4-2/h11,13,17,19,22,24,28,30,40,42H,3-10,12,14-16,18,20-21,23,25-27,29,31-39H2,1-2H3/b13-11-,19-17-,24-22-,30-28-/t40-/m0/s1. The van der Waals surface area contributed by atoms with Crippen molar-refractivity contribution < 1.29 is 19.4 Å². The van der Waals surface area contributed by atoms with E-state index in [9.17, 15) is 9.90 Å². The van der Waals surface area contributed by atoms with Crippen LogP contribution in [0.25, 0.3) is 0 Å². The average molecular weight is 631 g/mol. The Balaban J connectivity index is 3.53. The number of allylic oxidation sites excluding steroid dienone is 8. The summed E-state index contributed by atoms with van der Waals surface area (Å²) in [6.45, 7) is 5.27. The molecule has 4 nitrogen and oxygen atoms in total. The van der Waals surface area contributed by atoms with Crippen molar-refractivity contribution in [3.8, 4) is 0 Å². The summed E-state index contributed by atoms with van der Waals surface area (Å²) < 4.78 is 11.1. The third-order valence-electron chi connectivity index (χ3n) is 8.16. The summed E-state index contributed by atoms with van der Waals surface area (Å²) >= 11 is 0. The van der Waals surface area contributed by atoms with E-state index in [0.717, 1.165) is 38.5 Å². The maximum Gasteiger partial charge on any atom is 0.306 e. The summed E-state index contributed by atoms with van der Waals surface area (Å²) in [5.74, 6) is -0.254. The Morgan fingerprint density at radius 1 is 0.533 bits per heavy atom. The molecule has 0 aliphatic heterocycles. The molecule has 0 aromatic heterocycles. The van der Waals surface area contributed by atoms with Gasteiger partial charge in [0.15, 0.2) is 0 Å². The molecule has 0 aromatic carbocycles. The van der Waals surface area contributed by atoms with E-state index in [1.807, 2.05) is 0 Å². The largest absolute Gasteiger partial charge is 0.457 e. The van der Waals surface area contributed by atoms with Crippen LogP contribution < -0.4 is 0 Å². The number of carbonyl (C=O) groups is 1.